The highest BCUT2D eigenvalue weighted by Gasteiger charge is 2.51. The lowest BCUT2D eigenvalue weighted by atomic mass is 9.84. The number of aromatic nitrogens is 1. The zero-order valence-electron chi connectivity index (χ0n) is 17.8. The second-order valence-electron chi connectivity index (χ2n) is 8.09. The Balaban J connectivity index is 0.000000244. The van der Waals surface area contributed by atoms with Crippen LogP contribution < -0.4 is 0 Å². The molecule has 3 aliphatic rings. The van der Waals surface area contributed by atoms with Gasteiger partial charge in [0, 0.05) is 42.0 Å². The summed E-state index contributed by atoms with van der Waals surface area (Å²) in [6.45, 7) is 3.31. The van der Waals surface area contributed by atoms with E-state index in [2.05, 4.69) is 27.7 Å². The SMILES string of the molecule is O=C(O)C(F)(F)F.O=C(O)C(F)(F)F.c1cncc(COC2CSC3(C2)CN(C2CCC2)C3)c1. The second-order valence-corrected chi connectivity index (χ2v) is 9.58. The van der Waals surface area contributed by atoms with Crippen LogP contribution in [0.25, 0.3) is 0 Å². The molecule has 1 saturated carbocycles. The number of nitrogens with zero attached hydrogens (tertiary/aromatic N) is 2. The first kappa shape index (κ1) is 28.2. The van der Waals surface area contributed by atoms with Crippen LogP contribution in [-0.2, 0) is 20.9 Å². The van der Waals surface area contributed by atoms with Crippen LogP contribution in [0.3, 0.4) is 0 Å². The molecule has 1 spiro atoms. The molecule has 3 fully saturated rings. The van der Waals surface area contributed by atoms with Gasteiger partial charge in [-0.05, 0) is 30.9 Å². The van der Waals surface area contributed by atoms with Crippen LogP contribution in [0.1, 0.15) is 31.2 Å². The molecule has 0 amide bonds. The highest BCUT2D eigenvalue weighted by atomic mass is 32.2. The second kappa shape index (κ2) is 11.6. The molecule has 14 heteroatoms. The van der Waals surface area contributed by atoms with E-state index < -0.39 is 24.3 Å². The number of likely N-dealkylation sites (tertiary alicyclic amines) is 1. The molecule has 2 N–H and O–H groups in total. The van der Waals surface area contributed by atoms with Crippen LogP contribution in [-0.4, -0.2) is 80.1 Å². The third-order valence-corrected chi connectivity index (χ3v) is 7.02. The Morgan fingerprint density at radius 2 is 1.68 bits per heavy atom. The van der Waals surface area contributed by atoms with Crippen molar-refractivity contribution in [1.82, 2.24) is 9.88 Å². The number of rotatable bonds is 4. The minimum atomic E-state index is -5.08. The van der Waals surface area contributed by atoms with E-state index in [-0.39, 0.29) is 0 Å². The maximum absolute atomic E-state index is 10.6. The summed E-state index contributed by atoms with van der Waals surface area (Å²) < 4.78 is 70.1. The quantitative estimate of drug-likeness (QED) is 0.578. The molecule has 4 rings (SSSR count). The molecule has 0 aromatic carbocycles. The minimum Gasteiger partial charge on any atom is -0.475 e. The molecule has 2 aliphatic heterocycles. The number of hydrogen-bond donors (Lipinski definition) is 2. The number of carboxylic acid groups (broad SMARTS) is 2. The number of halogens is 6. The maximum Gasteiger partial charge on any atom is 0.490 e. The van der Waals surface area contributed by atoms with Crippen molar-refractivity contribution in [2.75, 3.05) is 18.8 Å². The molecule has 1 aromatic rings. The predicted octanol–water partition coefficient (Wildman–Crippen LogP) is 3.98. The maximum atomic E-state index is 10.6. The molecule has 1 aromatic heterocycles. The molecular weight excluding hydrogens is 494 g/mol. The summed E-state index contributed by atoms with van der Waals surface area (Å²) >= 11 is 2.15. The molecule has 192 valence electrons. The fraction of sp³-hybridized carbons (Fsp3) is 0.650. The molecule has 0 bridgehead atoms. The topological polar surface area (TPSA) is 100.0 Å². The number of carboxylic acids is 2. The number of thioether (sulfide) groups is 1. The van der Waals surface area contributed by atoms with Gasteiger partial charge in [0.15, 0.2) is 0 Å². The molecule has 34 heavy (non-hydrogen) atoms. The summed E-state index contributed by atoms with van der Waals surface area (Å²) in [6.07, 6.45) is -0.473. The fourth-order valence-corrected chi connectivity index (χ4v) is 5.10. The van der Waals surface area contributed by atoms with Crippen LogP contribution in [0, 0.1) is 0 Å². The van der Waals surface area contributed by atoms with Gasteiger partial charge in [-0.2, -0.15) is 26.3 Å². The summed E-state index contributed by atoms with van der Waals surface area (Å²) in [7, 11) is 0. The smallest absolute Gasteiger partial charge is 0.475 e. The summed E-state index contributed by atoms with van der Waals surface area (Å²) in [5.41, 5.74) is 1.18. The normalized spacial score (nSPS) is 21.9. The standard InChI is InChI=1S/C16H22N2OS.2C2HF3O2/c1-4-14(5-1)18-11-16(12-18)7-15(10-20-16)19-9-13-3-2-6-17-8-13;2*3-2(4,5)1(6)7/h2-3,6,8,14-15H,1,4-5,7,9-12H2;2*(H,6,7). The van der Waals surface area contributed by atoms with Crippen LogP contribution in [0.2, 0.25) is 0 Å². The summed E-state index contributed by atoms with van der Waals surface area (Å²) in [5, 5.41) is 14.2. The Morgan fingerprint density at radius 1 is 1.12 bits per heavy atom. The minimum absolute atomic E-state index is 0.434. The molecule has 1 unspecified atom stereocenters. The molecule has 7 nitrogen and oxygen atoms in total. The van der Waals surface area contributed by atoms with Crippen LogP contribution >= 0.6 is 11.8 Å². The van der Waals surface area contributed by atoms with Gasteiger partial charge in [0.1, 0.15) is 0 Å². The highest BCUT2D eigenvalue weighted by molar-refractivity contribution is 8.01. The van der Waals surface area contributed by atoms with E-state index in [4.69, 9.17) is 24.5 Å². The van der Waals surface area contributed by atoms with Gasteiger partial charge in [-0.3, -0.25) is 9.88 Å². The lowest BCUT2D eigenvalue weighted by molar-refractivity contribution is -0.193. The number of alkyl halides is 6. The van der Waals surface area contributed by atoms with Crippen LogP contribution in [0.5, 0.6) is 0 Å². The van der Waals surface area contributed by atoms with Crippen molar-refractivity contribution in [3.05, 3.63) is 30.1 Å². The first-order chi connectivity index (χ1) is 15.7. The number of carbonyl (C=O) groups is 2. The Kier molecular flexibility index (Phi) is 9.60. The lowest BCUT2D eigenvalue weighted by Gasteiger charge is -2.53. The average Bonchev–Trinajstić information content (AvgIpc) is 3.10. The molecule has 2 saturated heterocycles. The Morgan fingerprint density at radius 3 is 2.09 bits per heavy atom. The molecule has 0 radical (unpaired) electrons. The molecule has 3 heterocycles. The van der Waals surface area contributed by atoms with E-state index in [1.54, 1.807) is 0 Å². The van der Waals surface area contributed by atoms with Gasteiger partial charge in [0.2, 0.25) is 0 Å². The third-order valence-electron chi connectivity index (χ3n) is 5.44. The van der Waals surface area contributed by atoms with Gasteiger partial charge < -0.3 is 14.9 Å². The van der Waals surface area contributed by atoms with E-state index >= 15 is 0 Å². The van der Waals surface area contributed by atoms with E-state index in [0.29, 0.717) is 17.5 Å². The van der Waals surface area contributed by atoms with Gasteiger partial charge in [-0.1, -0.05) is 12.5 Å². The zero-order valence-corrected chi connectivity index (χ0v) is 18.6. The Hall–Kier alpha value is -2.06. The number of aliphatic carboxylic acids is 2. The zero-order chi connectivity index (χ0) is 25.6. The summed E-state index contributed by atoms with van der Waals surface area (Å²) in [5.74, 6) is -4.35. The van der Waals surface area contributed by atoms with Gasteiger partial charge in [-0.25, -0.2) is 9.59 Å². The van der Waals surface area contributed by atoms with Crippen molar-refractivity contribution >= 4 is 23.7 Å². The van der Waals surface area contributed by atoms with Crippen molar-refractivity contribution in [3.63, 3.8) is 0 Å². The van der Waals surface area contributed by atoms with Gasteiger partial charge >= 0.3 is 24.3 Å². The third kappa shape index (κ3) is 8.62. The van der Waals surface area contributed by atoms with Crippen LogP contribution in [0.4, 0.5) is 26.3 Å². The molecule has 1 atom stereocenters. The highest BCUT2D eigenvalue weighted by Crippen LogP contribution is 2.48. The molecular formula is C20H24F6N2O5S. The predicted molar refractivity (Wildman–Crippen MR) is 109 cm³/mol. The van der Waals surface area contributed by atoms with Crippen molar-refractivity contribution in [2.24, 2.45) is 0 Å². The monoisotopic (exact) mass is 518 g/mol. The van der Waals surface area contributed by atoms with Crippen LogP contribution in [0.15, 0.2) is 24.5 Å². The lowest BCUT2D eigenvalue weighted by Crippen LogP contribution is -2.63. The van der Waals surface area contributed by atoms with E-state index in [0.717, 1.165) is 6.04 Å². The number of hydrogen-bond acceptors (Lipinski definition) is 6. The fourth-order valence-electron chi connectivity index (χ4n) is 3.53. The van der Waals surface area contributed by atoms with Crippen molar-refractivity contribution in [1.29, 1.82) is 0 Å². The first-order valence-electron chi connectivity index (χ1n) is 10.2. The van der Waals surface area contributed by atoms with E-state index in [1.807, 2.05) is 18.5 Å². The largest absolute Gasteiger partial charge is 0.490 e. The number of pyridine rings is 1. The summed E-state index contributed by atoms with van der Waals surface area (Å²) in [6, 6.07) is 4.98. The van der Waals surface area contributed by atoms with Gasteiger partial charge in [-0.15, -0.1) is 11.8 Å². The Labute approximate surface area is 195 Å². The van der Waals surface area contributed by atoms with Crippen molar-refractivity contribution in [3.8, 4) is 0 Å². The van der Waals surface area contributed by atoms with Gasteiger partial charge in [0.25, 0.3) is 0 Å². The number of ether oxygens (including phenoxy) is 1. The van der Waals surface area contributed by atoms with E-state index in [1.165, 1.54) is 50.1 Å². The first-order valence-corrected chi connectivity index (χ1v) is 11.2. The average molecular weight is 518 g/mol. The van der Waals surface area contributed by atoms with E-state index in [9.17, 15) is 26.3 Å². The summed E-state index contributed by atoms with van der Waals surface area (Å²) in [4.78, 5) is 24.6. The van der Waals surface area contributed by atoms with Gasteiger partial charge in [0.05, 0.1) is 12.7 Å². The van der Waals surface area contributed by atoms with Crippen molar-refractivity contribution < 1.29 is 50.9 Å². The van der Waals surface area contributed by atoms with Crippen molar-refractivity contribution in [2.45, 2.75) is 61.5 Å². The molecule has 1 aliphatic carbocycles. The Bertz CT molecular complexity index is 790.